The van der Waals surface area contributed by atoms with E-state index >= 15 is 0 Å². The number of carbonyl (C=O) groups is 1. The summed E-state index contributed by atoms with van der Waals surface area (Å²) in [6, 6.07) is 1.74. The number of sulfonamides is 1. The van der Waals surface area contributed by atoms with Crippen LogP contribution in [-0.4, -0.2) is 69.3 Å². The van der Waals surface area contributed by atoms with Gasteiger partial charge in [0.15, 0.2) is 5.69 Å². The molecule has 0 atom stereocenters. The zero-order valence-corrected chi connectivity index (χ0v) is 15.6. The van der Waals surface area contributed by atoms with Gasteiger partial charge in [-0.15, -0.1) is 0 Å². The number of piperazine rings is 1. The molecule has 3 heterocycles. The molecule has 25 heavy (non-hydrogen) atoms. The molecular formula is C15H22N6O3S. The second-order valence-electron chi connectivity index (χ2n) is 6.21. The Morgan fingerprint density at radius 2 is 1.72 bits per heavy atom. The topological polar surface area (TPSA) is 93.3 Å². The average Bonchev–Trinajstić information content (AvgIpc) is 3.10. The van der Waals surface area contributed by atoms with Crippen molar-refractivity contribution in [2.24, 2.45) is 14.1 Å². The van der Waals surface area contributed by atoms with Gasteiger partial charge in [-0.3, -0.25) is 14.2 Å². The summed E-state index contributed by atoms with van der Waals surface area (Å²) in [5.41, 5.74) is 1.89. The summed E-state index contributed by atoms with van der Waals surface area (Å²) in [5, 5.41) is 8.20. The van der Waals surface area contributed by atoms with E-state index < -0.39 is 10.0 Å². The van der Waals surface area contributed by atoms with Crippen molar-refractivity contribution in [2.75, 3.05) is 26.2 Å². The fourth-order valence-corrected chi connectivity index (χ4v) is 4.44. The van der Waals surface area contributed by atoms with E-state index in [4.69, 9.17) is 0 Å². The molecule has 1 aliphatic rings. The van der Waals surface area contributed by atoms with E-state index in [1.807, 2.05) is 6.92 Å². The minimum atomic E-state index is -3.60. The van der Waals surface area contributed by atoms with Crippen molar-refractivity contribution in [3.63, 3.8) is 0 Å². The van der Waals surface area contributed by atoms with E-state index in [1.54, 1.807) is 36.7 Å². The van der Waals surface area contributed by atoms with Crippen LogP contribution in [0.15, 0.2) is 17.2 Å². The van der Waals surface area contributed by atoms with Crippen molar-refractivity contribution in [1.29, 1.82) is 0 Å². The summed E-state index contributed by atoms with van der Waals surface area (Å²) < 4.78 is 30.1. The molecule has 0 aliphatic carbocycles. The third-order valence-electron chi connectivity index (χ3n) is 4.67. The first-order valence-electron chi connectivity index (χ1n) is 8.00. The highest BCUT2D eigenvalue weighted by atomic mass is 32.2. The van der Waals surface area contributed by atoms with Gasteiger partial charge in [-0.2, -0.15) is 14.5 Å². The van der Waals surface area contributed by atoms with E-state index in [1.165, 1.54) is 15.2 Å². The molecule has 3 rings (SSSR count). The molecule has 0 bridgehead atoms. The van der Waals surface area contributed by atoms with E-state index in [0.29, 0.717) is 24.5 Å². The van der Waals surface area contributed by atoms with Crippen LogP contribution in [0.5, 0.6) is 0 Å². The Balaban J connectivity index is 1.71. The van der Waals surface area contributed by atoms with Gasteiger partial charge in [0.2, 0.25) is 10.0 Å². The predicted molar refractivity (Wildman–Crippen MR) is 90.6 cm³/mol. The zero-order chi connectivity index (χ0) is 18.4. The molecule has 0 radical (unpaired) electrons. The van der Waals surface area contributed by atoms with Crippen LogP contribution in [0.3, 0.4) is 0 Å². The second-order valence-corrected chi connectivity index (χ2v) is 8.12. The lowest BCUT2D eigenvalue weighted by Crippen LogP contribution is -2.50. The van der Waals surface area contributed by atoms with Crippen molar-refractivity contribution in [2.45, 2.75) is 18.7 Å². The molecule has 0 N–H and O–H groups in total. The number of carbonyl (C=O) groups excluding carboxylic acids is 1. The summed E-state index contributed by atoms with van der Waals surface area (Å²) in [6.07, 6.45) is 1.37. The molecule has 1 amide bonds. The molecule has 0 unspecified atom stereocenters. The van der Waals surface area contributed by atoms with Crippen LogP contribution < -0.4 is 0 Å². The van der Waals surface area contributed by atoms with Gasteiger partial charge < -0.3 is 4.90 Å². The Labute approximate surface area is 146 Å². The molecule has 1 aliphatic heterocycles. The largest absolute Gasteiger partial charge is 0.335 e. The van der Waals surface area contributed by atoms with Crippen LogP contribution in [0.4, 0.5) is 0 Å². The summed E-state index contributed by atoms with van der Waals surface area (Å²) in [6.45, 7) is 4.80. The fraction of sp³-hybridized carbons (Fsp3) is 0.533. The predicted octanol–water partition coefficient (Wildman–Crippen LogP) is -0.0829. The van der Waals surface area contributed by atoms with E-state index in [0.717, 1.165) is 5.69 Å². The summed E-state index contributed by atoms with van der Waals surface area (Å²) >= 11 is 0. The van der Waals surface area contributed by atoms with Gasteiger partial charge in [-0.05, 0) is 19.9 Å². The van der Waals surface area contributed by atoms with E-state index in [-0.39, 0.29) is 23.9 Å². The van der Waals surface area contributed by atoms with Gasteiger partial charge in [0, 0.05) is 46.0 Å². The number of aryl methyl sites for hydroxylation is 3. The maximum absolute atomic E-state index is 12.8. The standard InChI is InChI=1S/C15H22N6O3S/c1-11-9-13(17-18(11)3)15(22)20-5-7-21(8-6-20)25(23,24)14-10-16-19(4)12(14)2/h9-10H,5-8H2,1-4H3. The molecule has 0 spiro atoms. The van der Waals surface area contributed by atoms with Gasteiger partial charge in [0.05, 0.1) is 11.9 Å². The molecule has 136 valence electrons. The first kappa shape index (κ1) is 17.6. The van der Waals surface area contributed by atoms with Crippen molar-refractivity contribution < 1.29 is 13.2 Å². The monoisotopic (exact) mass is 366 g/mol. The molecule has 2 aromatic rings. The van der Waals surface area contributed by atoms with Crippen molar-refractivity contribution >= 4 is 15.9 Å². The van der Waals surface area contributed by atoms with Crippen LogP contribution in [0.2, 0.25) is 0 Å². The molecule has 9 nitrogen and oxygen atoms in total. The summed E-state index contributed by atoms with van der Waals surface area (Å²) in [4.78, 5) is 14.4. The number of hydrogen-bond donors (Lipinski definition) is 0. The third-order valence-corrected chi connectivity index (χ3v) is 6.67. The highest BCUT2D eigenvalue weighted by molar-refractivity contribution is 7.89. The zero-order valence-electron chi connectivity index (χ0n) is 14.8. The quantitative estimate of drug-likeness (QED) is 0.757. The van der Waals surface area contributed by atoms with Crippen LogP contribution in [0.25, 0.3) is 0 Å². The van der Waals surface area contributed by atoms with Crippen LogP contribution in [0.1, 0.15) is 21.9 Å². The maximum atomic E-state index is 12.8. The Hall–Kier alpha value is -2.20. The number of hydrogen-bond acceptors (Lipinski definition) is 5. The van der Waals surface area contributed by atoms with Gasteiger partial charge in [0.1, 0.15) is 4.90 Å². The lowest BCUT2D eigenvalue weighted by Gasteiger charge is -2.33. The third kappa shape index (κ3) is 3.07. The second kappa shape index (κ2) is 6.26. The molecular weight excluding hydrogens is 344 g/mol. The lowest BCUT2D eigenvalue weighted by atomic mass is 10.3. The lowest BCUT2D eigenvalue weighted by molar-refractivity contribution is 0.0691. The van der Waals surface area contributed by atoms with Crippen molar-refractivity contribution in [3.05, 3.63) is 29.3 Å². The molecule has 10 heteroatoms. The van der Waals surface area contributed by atoms with Gasteiger partial charge in [-0.25, -0.2) is 8.42 Å². The normalized spacial score (nSPS) is 16.4. The van der Waals surface area contributed by atoms with Gasteiger partial charge in [0.25, 0.3) is 5.91 Å². The summed E-state index contributed by atoms with van der Waals surface area (Å²) in [5.74, 6) is -0.168. The first-order valence-corrected chi connectivity index (χ1v) is 9.44. The molecule has 1 fully saturated rings. The van der Waals surface area contributed by atoms with Crippen LogP contribution in [-0.2, 0) is 24.1 Å². The van der Waals surface area contributed by atoms with E-state index in [2.05, 4.69) is 10.2 Å². The minimum Gasteiger partial charge on any atom is -0.335 e. The highest BCUT2D eigenvalue weighted by Gasteiger charge is 2.33. The fourth-order valence-electron chi connectivity index (χ4n) is 2.83. The summed E-state index contributed by atoms with van der Waals surface area (Å²) in [7, 11) is -0.103. The smallest absolute Gasteiger partial charge is 0.274 e. The maximum Gasteiger partial charge on any atom is 0.274 e. The van der Waals surface area contributed by atoms with E-state index in [9.17, 15) is 13.2 Å². The van der Waals surface area contributed by atoms with Gasteiger partial charge in [-0.1, -0.05) is 0 Å². The van der Waals surface area contributed by atoms with Gasteiger partial charge >= 0.3 is 0 Å². The molecule has 0 aromatic carbocycles. The number of nitrogens with zero attached hydrogens (tertiary/aromatic N) is 6. The van der Waals surface area contributed by atoms with Crippen LogP contribution in [0, 0.1) is 13.8 Å². The molecule has 1 saturated heterocycles. The van der Waals surface area contributed by atoms with Crippen molar-refractivity contribution in [3.8, 4) is 0 Å². The Bertz CT molecular complexity index is 886. The highest BCUT2D eigenvalue weighted by Crippen LogP contribution is 2.21. The van der Waals surface area contributed by atoms with Crippen molar-refractivity contribution in [1.82, 2.24) is 28.8 Å². The minimum absolute atomic E-state index is 0.168. The average molecular weight is 366 g/mol. The van der Waals surface area contributed by atoms with Crippen LogP contribution >= 0.6 is 0 Å². The Morgan fingerprint density at radius 1 is 1.08 bits per heavy atom. The SMILES string of the molecule is Cc1cc(C(=O)N2CCN(S(=O)(=O)c3cnn(C)c3C)CC2)nn1C. The molecule has 2 aromatic heterocycles. The number of rotatable bonds is 3. The Morgan fingerprint density at radius 3 is 2.20 bits per heavy atom. The Kier molecular flexibility index (Phi) is 4.41. The number of aromatic nitrogens is 4. The first-order chi connectivity index (χ1) is 11.7. The molecule has 0 saturated carbocycles. The number of amides is 1.